The smallest absolute Gasteiger partial charge is 0.339 e. The number of ether oxygens (including phenoxy) is 1. The Hall–Kier alpha value is -3.47. The summed E-state index contributed by atoms with van der Waals surface area (Å²) in [6.45, 7) is 14.0. The van der Waals surface area contributed by atoms with Crippen LogP contribution >= 0.6 is 0 Å². The molecule has 0 aliphatic carbocycles. The highest BCUT2D eigenvalue weighted by Gasteiger charge is 2.21. The van der Waals surface area contributed by atoms with Gasteiger partial charge < -0.3 is 4.74 Å². The van der Waals surface area contributed by atoms with Crippen LogP contribution in [0.15, 0.2) is 48.5 Å². The quantitative estimate of drug-likeness (QED) is 0.338. The van der Waals surface area contributed by atoms with E-state index in [1.165, 1.54) is 11.1 Å². The fourth-order valence-electron chi connectivity index (χ4n) is 4.05. The number of hydrogen-bond acceptors (Lipinski definition) is 4. The minimum absolute atomic E-state index is 0.318. The number of benzene rings is 2. The minimum atomic E-state index is -0.547. The van der Waals surface area contributed by atoms with E-state index >= 15 is 0 Å². The van der Waals surface area contributed by atoms with E-state index in [-0.39, 0.29) is 5.97 Å². The molecule has 0 atom stereocenters. The fraction of sp³-hybridized carbons (Fsp3) is 0.321. The molecule has 0 aliphatic heterocycles. The van der Waals surface area contributed by atoms with Gasteiger partial charge in [0.1, 0.15) is 16.9 Å². The molecule has 0 saturated carbocycles. The highest BCUT2D eigenvalue weighted by atomic mass is 16.6. The van der Waals surface area contributed by atoms with Crippen molar-refractivity contribution in [1.29, 1.82) is 0 Å². The number of rotatable bonds is 4. The van der Waals surface area contributed by atoms with Crippen molar-refractivity contribution in [2.45, 2.75) is 60.5 Å². The summed E-state index contributed by atoms with van der Waals surface area (Å²) in [4.78, 5) is 22.6. The summed E-state index contributed by atoms with van der Waals surface area (Å²) in [6.07, 6.45) is 0.803. The lowest BCUT2D eigenvalue weighted by Gasteiger charge is -2.20. The number of carbonyl (C=O) groups excluding carboxylic acids is 1. The molecular formula is C28H31N3O2. The third-order valence-electron chi connectivity index (χ3n) is 5.96. The number of aromatic nitrogens is 3. The second-order valence-electron chi connectivity index (χ2n) is 9.43. The Morgan fingerprint density at radius 3 is 2.24 bits per heavy atom. The van der Waals surface area contributed by atoms with E-state index in [9.17, 15) is 4.79 Å². The van der Waals surface area contributed by atoms with Crippen molar-refractivity contribution < 1.29 is 9.53 Å². The fourth-order valence-corrected chi connectivity index (χ4v) is 4.05. The van der Waals surface area contributed by atoms with Crippen LogP contribution in [0, 0.1) is 20.8 Å². The summed E-state index contributed by atoms with van der Waals surface area (Å²) >= 11 is 0. The molecule has 5 nitrogen and oxygen atoms in total. The van der Waals surface area contributed by atoms with E-state index in [2.05, 4.69) is 37.5 Å². The van der Waals surface area contributed by atoms with Crippen molar-refractivity contribution in [3.05, 3.63) is 76.7 Å². The van der Waals surface area contributed by atoms with E-state index in [1.54, 1.807) is 0 Å². The van der Waals surface area contributed by atoms with E-state index < -0.39 is 5.60 Å². The van der Waals surface area contributed by atoms with Gasteiger partial charge in [0.15, 0.2) is 5.65 Å². The second-order valence-corrected chi connectivity index (χ2v) is 9.43. The van der Waals surface area contributed by atoms with E-state index in [4.69, 9.17) is 14.7 Å². The molecule has 0 radical (unpaired) electrons. The van der Waals surface area contributed by atoms with Crippen LogP contribution in [0.5, 0.6) is 0 Å². The molecule has 2 heterocycles. The Morgan fingerprint density at radius 2 is 1.61 bits per heavy atom. The van der Waals surface area contributed by atoms with Crippen LogP contribution in [0.4, 0.5) is 0 Å². The Kier molecular flexibility index (Phi) is 5.83. The molecule has 0 saturated heterocycles. The summed E-state index contributed by atoms with van der Waals surface area (Å²) < 4.78 is 7.76. The summed E-state index contributed by atoms with van der Waals surface area (Å²) in [5.74, 6) is 0.661. The zero-order valence-corrected chi connectivity index (χ0v) is 20.5. The molecule has 0 bridgehead atoms. The van der Waals surface area contributed by atoms with Crippen molar-refractivity contribution in [1.82, 2.24) is 14.5 Å². The van der Waals surface area contributed by atoms with Gasteiger partial charge in [-0.2, -0.15) is 0 Å². The number of carbonyl (C=O) groups is 1. The zero-order valence-electron chi connectivity index (χ0n) is 20.5. The van der Waals surface area contributed by atoms with Gasteiger partial charge >= 0.3 is 5.97 Å². The second kappa shape index (κ2) is 8.47. The highest BCUT2D eigenvalue weighted by molar-refractivity contribution is 5.97. The number of nitrogens with zero attached hydrogens (tertiary/aromatic N) is 3. The first-order chi connectivity index (χ1) is 15.6. The Morgan fingerprint density at radius 1 is 0.939 bits per heavy atom. The third kappa shape index (κ3) is 4.28. The average molecular weight is 442 g/mol. The zero-order chi connectivity index (χ0) is 23.9. The average Bonchev–Trinajstić information content (AvgIpc) is 3.15. The Balaban J connectivity index is 1.79. The lowest BCUT2D eigenvalue weighted by Crippen LogP contribution is -2.24. The van der Waals surface area contributed by atoms with Crippen molar-refractivity contribution in [2.24, 2.45) is 0 Å². The van der Waals surface area contributed by atoms with Gasteiger partial charge in [0, 0.05) is 17.8 Å². The number of fused-ring (bicyclic) bond motifs is 1. The molecule has 5 heteroatoms. The number of hydrogen-bond donors (Lipinski definition) is 0. The summed E-state index contributed by atoms with van der Waals surface area (Å²) in [7, 11) is 0. The van der Waals surface area contributed by atoms with Gasteiger partial charge in [0.2, 0.25) is 0 Å². The predicted octanol–water partition coefficient (Wildman–Crippen LogP) is 6.53. The SMILES string of the molecule is CCc1nc2c(C)c(C)c(C)nc2n1-c1ccc(-c2ccccc2C(=O)OC(C)(C)C)cc1. The Bertz CT molecular complexity index is 1340. The molecule has 0 fully saturated rings. The molecule has 4 aromatic rings. The van der Waals surface area contributed by atoms with Crippen molar-refractivity contribution in [3.63, 3.8) is 0 Å². The van der Waals surface area contributed by atoms with E-state index in [1.807, 2.05) is 64.1 Å². The molecule has 0 N–H and O–H groups in total. The summed E-state index contributed by atoms with van der Waals surface area (Å²) in [6, 6.07) is 15.8. The normalized spacial score (nSPS) is 11.7. The van der Waals surface area contributed by atoms with Gasteiger partial charge in [-0.1, -0.05) is 37.3 Å². The van der Waals surface area contributed by atoms with Gasteiger partial charge in [-0.25, -0.2) is 14.8 Å². The highest BCUT2D eigenvalue weighted by Crippen LogP contribution is 2.29. The number of imidazole rings is 1. The molecule has 2 aromatic carbocycles. The molecule has 0 spiro atoms. The molecule has 170 valence electrons. The third-order valence-corrected chi connectivity index (χ3v) is 5.96. The lowest BCUT2D eigenvalue weighted by molar-refractivity contribution is 0.00704. The van der Waals surface area contributed by atoms with Crippen LogP contribution in [-0.4, -0.2) is 26.1 Å². The number of esters is 1. The van der Waals surface area contributed by atoms with Crippen molar-refractivity contribution in [3.8, 4) is 16.8 Å². The minimum Gasteiger partial charge on any atom is -0.456 e. The molecule has 0 aliphatic rings. The van der Waals surface area contributed by atoms with Crippen LogP contribution in [0.3, 0.4) is 0 Å². The van der Waals surface area contributed by atoms with Crippen molar-refractivity contribution in [2.75, 3.05) is 0 Å². The predicted molar refractivity (Wildman–Crippen MR) is 133 cm³/mol. The first-order valence-corrected chi connectivity index (χ1v) is 11.4. The van der Waals surface area contributed by atoms with Crippen LogP contribution in [-0.2, 0) is 11.2 Å². The summed E-state index contributed by atoms with van der Waals surface area (Å²) in [5, 5.41) is 0. The van der Waals surface area contributed by atoms with Gasteiger partial charge in [-0.05, 0) is 82.0 Å². The van der Waals surface area contributed by atoms with Gasteiger partial charge in [-0.15, -0.1) is 0 Å². The van der Waals surface area contributed by atoms with E-state index in [0.717, 1.165) is 45.9 Å². The molecule has 4 rings (SSSR count). The Labute approximate surface area is 195 Å². The topological polar surface area (TPSA) is 57.0 Å². The van der Waals surface area contributed by atoms with Crippen LogP contribution in [0.2, 0.25) is 0 Å². The van der Waals surface area contributed by atoms with Crippen molar-refractivity contribution >= 4 is 17.1 Å². The lowest BCUT2D eigenvalue weighted by atomic mass is 9.99. The standard InChI is InChI=1S/C28H31N3O2/c1-8-24-30-25-18(3)17(2)19(4)29-26(25)31(24)21-15-13-20(14-16-21)22-11-9-10-12-23(22)27(32)33-28(5,6)7/h9-16H,8H2,1-7H3. The maximum absolute atomic E-state index is 12.8. The molecule has 33 heavy (non-hydrogen) atoms. The van der Waals surface area contributed by atoms with Gasteiger partial charge in [-0.3, -0.25) is 4.57 Å². The number of aryl methyl sites for hydroxylation is 3. The van der Waals surface area contributed by atoms with Gasteiger partial charge in [0.05, 0.1) is 5.56 Å². The molecular weight excluding hydrogens is 410 g/mol. The van der Waals surface area contributed by atoms with Crippen LogP contribution in [0.1, 0.15) is 60.7 Å². The first-order valence-electron chi connectivity index (χ1n) is 11.4. The summed E-state index contributed by atoms with van der Waals surface area (Å²) in [5.41, 5.74) is 8.04. The maximum atomic E-state index is 12.8. The van der Waals surface area contributed by atoms with Gasteiger partial charge in [0.25, 0.3) is 0 Å². The van der Waals surface area contributed by atoms with Crippen LogP contribution in [0.25, 0.3) is 28.0 Å². The first kappa shape index (κ1) is 22.7. The maximum Gasteiger partial charge on any atom is 0.339 e. The largest absolute Gasteiger partial charge is 0.456 e. The van der Waals surface area contributed by atoms with Crippen LogP contribution < -0.4 is 0 Å². The number of pyridine rings is 1. The monoisotopic (exact) mass is 441 g/mol. The molecule has 2 aromatic heterocycles. The molecule has 0 amide bonds. The van der Waals surface area contributed by atoms with E-state index in [0.29, 0.717) is 5.56 Å². The molecule has 0 unspecified atom stereocenters.